The summed E-state index contributed by atoms with van der Waals surface area (Å²) in [6.07, 6.45) is 1.48. The zero-order valence-electron chi connectivity index (χ0n) is 13.2. The molecular formula is C17H11ClN6O2. The van der Waals surface area contributed by atoms with Crippen molar-refractivity contribution < 1.29 is 4.92 Å². The maximum atomic E-state index is 10.7. The van der Waals surface area contributed by atoms with Crippen LogP contribution in [0, 0.1) is 21.4 Å². The highest BCUT2D eigenvalue weighted by molar-refractivity contribution is 6.30. The second-order valence-electron chi connectivity index (χ2n) is 5.15. The molecule has 128 valence electrons. The van der Waals surface area contributed by atoms with Crippen molar-refractivity contribution in [3.63, 3.8) is 0 Å². The van der Waals surface area contributed by atoms with Crippen LogP contribution < -0.4 is 5.32 Å². The molecule has 0 unspecified atom stereocenters. The number of aromatic amines is 1. The van der Waals surface area contributed by atoms with Gasteiger partial charge in [0.2, 0.25) is 0 Å². The summed E-state index contributed by atoms with van der Waals surface area (Å²) in [6, 6.07) is 15.0. The van der Waals surface area contributed by atoms with Crippen LogP contribution in [-0.2, 0) is 0 Å². The van der Waals surface area contributed by atoms with Crippen LogP contribution in [0.15, 0.2) is 53.5 Å². The van der Waals surface area contributed by atoms with Gasteiger partial charge in [-0.1, -0.05) is 17.7 Å². The Morgan fingerprint density at radius 3 is 2.73 bits per heavy atom. The highest BCUT2D eigenvalue weighted by atomic mass is 35.5. The summed E-state index contributed by atoms with van der Waals surface area (Å²) in [4.78, 5) is 14.4. The molecule has 0 aliphatic rings. The van der Waals surface area contributed by atoms with Crippen molar-refractivity contribution >= 4 is 40.8 Å². The molecule has 0 aliphatic heterocycles. The summed E-state index contributed by atoms with van der Waals surface area (Å²) >= 11 is 5.94. The first-order valence-electron chi connectivity index (χ1n) is 7.36. The van der Waals surface area contributed by atoms with E-state index in [4.69, 9.17) is 11.6 Å². The minimum Gasteiger partial charge on any atom is -0.339 e. The predicted molar refractivity (Wildman–Crippen MR) is 98.4 cm³/mol. The van der Waals surface area contributed by atoms with Crippen LogP contribution in [0.1, 0.15) is 11.1 Å². The molecule has 0 aliphatic carbocycles. The second kappa shape index (κ2) is 7.46. The Morgan fingerprint density at radius 1 is 1.31 bits per heavy atom. The minimum absolute atomic E-state index is 0.00681. The largest absolute Gasteiger partial charge is 0.339 e. The van der Waals surface area contributed by atoms with Crippen LogP contribution in [0.5, 0.6) is 0 Å². The van der Waals surface area contributed by atoms with E-state index in [2.05, 4.69) is 20.5 Å². The summed E-state index contributed by atoms with van der Waals surface area (Å²) in [5.74, 6) is 0.598. The van der Waals surface area contributed by atoms with Gasteiger partial charge in [0, 0.05) is 29.1 Å². The van der Waals surface area contributed by atoms with Gasteiger partial charge in [-0.05, 0) is 35.9 Å². The van der Waals surface area contributed by atoms with Crippen molar-refractivity contribution in [3.8, 4) is 6.07 Å². The number of aliphatic imine (C=N–C) groups is 1. The molecule has 2 N–H and O–H groups in total. The number of rotatable bonds is 5. The van der Waals surface area contributed by atoms with E-state index < -0.39 is 4.92 Å². The number of hydrogen-bond donors (Lipinski definition) is 2. The Bertz CT molecular complexity index is 1020. The van der Waals surface area contributed by atoms with Gasteiger partial charge in [-0.25, -0.2) is 4.99 Å². The van der Waals surface area contributed by atoms with Crippen LogP contribution >= 0.6 is 11.6 Å². The number of benzene rings is 2. The van der Waals surface area contributed by atoms with Gasteiger partial charge in [-0.15, -0.1) is 0 Å². The molecule has 0 radical (unpaired) electrons. The number of nitro benzene ring substituents is 1. The number of nitro groups is 1. The third-order valence-corrected chi connectivity index (χ3v) is 3.63. The standard InChI is InChI=1S/C17H11ClN6O2/c18-12-2-1-3-13(8-12)21-17-15(9-19)16(22-23-17)20-10-11-4-6-14(7-5-11)24(25)26/h1-8,10H,(H2,21,22,23). The van der Waals surface area contributed by atoms with Crippen molar-refractivity contribution in [1.29, 1.82) is 5.26 Å². The van der Waals surface area contributed by atoms with E-state index in [0.717, 1.165) is 0 Å². The number of nitrogens with one attached hydrogen (secondary N) is 2. The molecule has 0 bridgehead atoms. The fraction of sp³-hybridized carbons (Fsp3) is 0. The number of hydrogen-bond acceptors (Lipinski definition) is 6. The Kier molecular flexibility index (Phi) is 4.92. The first-order chi connectivity index (χ1) is 12.6. The van der Waals surface area contributed by atoms with Crippen molar-refractivity contribution in [2.45, 2.75) is 0 Å². The van der Waals surface area contributed by atoms with Crippen molar-refractivity contribution in [1.82, 2.24) is 10.2 Å². The normalized spacial score (nSPS) is 10.6. The highest BCUT2D eigenvalue weighted by Crippen LogP contribution is 2.26. The van der Waals surface area contributed by atoms with E-state index in [1.807, 2.05) is 6.07 Å². The Balaban J connectivity index is 1.81. The van der Waals surface area contributed by atoms with E-state index in [1.165, 1.54) is 18.3 Å². The van der Waals surface area contributed by atoms with Crippen molar-refractivity contribution in [2.75, 3.05) is 5.32 Å². The average molecular weight is 367 g/mol. The van der Waals surface area contributed by atoms with Gasteiger partial charge in [0.15, 0.2) is 5.82 Å². The molecule has 1 heterocycles. The third-order valence-electron chi connectivity index (χ3n) is 3.39. The van der Waals surface area contributed by atoms with Crippen LogP contribution in [0.2, 0.25) is 5.02 Å². The average Bonchev–Trinajstić information content (AvgIpc) is 3.02. The van der Waals surface area contributed by atoms with Gasteiger partial charge < -0.3 is 5.32 Å². The van der Waals surface area contributed by atoms with Crippen LogP contribution in [-0.4, -0.2) is 21.3 Å². The number of halogens is 1. The molecule has 9 heteroatoms. The lowest BCUT2D eigenvalue weighted by molar-refractivity contribution is -0.384. The van der Waals surface area contributed by atoms with E-state index in [-0.39, 0.29) is 17.1 Å². The van der Waals surface area contributed by atoms with Gasteiger partial charge in [0.25, 0.3) is 5.69 Å². The topological polar surface area (TPSA) is 120 Å². The second-order valence-corrected chi connectivity index (χ2v) is 5.59. The molecule has 2 aromatic carbocycles. The molecule has 0 amide bonds. The van der Waals surface area contributed by atoms with E-state index >= 15 is 0 Å². The van der Waals surface area contributed by atoms with Gasteiger partial charge in [0.05, 0.1) is 4.92 Å². The molecule has 1 aromatic heterocycles. The number of nitrogens with zero attached hydrogens (tertiary/aromatic N) is 4. The summed E-state index contributed by atoms with van der Waals surface area (Å²) in [6.45, 7) is 0. The van der Waals surface area contributed by atoms with Crippen molar-refractivity contribution in [3.05, 3.63) is 74.8 Å². The van der Waals surface area contributed by atoms with Gasteiger partial charge >= 0.3 is 0 Å². The van der Waals surface area contributed by atoms with Gasteiger partial charge in [-0.2, -0.15) is 10.4 Å². The number of nitriles is 1. The molecule has 3 rings (SSSR count). The van der Waals surface area contributed by atoms with Crippen LogP contribution in [0.3, 0.4) is 0 Å². The summed E-state index contributed by atoms with van der Waals surface area (Å²) in [7, 11) is 0. The maximum absolute atomic E-state index is 10.7. The Hall–Kier alpha value is -3.70. The molecule has 0 spiro atoms. The smallest absolute Gasteiger partial charge is 0.269 e. The number of aromatic nitrogens is 2. The lowest BCUT2D eigenvalue weighted by Crippen LogP contribution is -1.92. The first kappa shape index (κ1) is 17.1. The molecule has 3 aromatic rings. The Labute approximate surface area is 152 Å². The summed E-state index contributed by atoms with van der Waals surface area (Å²) in [5.41, 5.74) is 1.58. The van der Waals surface area contributed by atoms with Crippen molar-refractivity contribution in [2.24, 2.45) is 4.99 Å². The monoisotopic (exact) mass is 366 g/mol. The molecule has 8 nitrogen and oxygen atoms in total. The number of H-pyrrole nitrogens is 1. The summed E-state index contributed by atoms with van der Waals surface area (Å²) in [5, 5.41) is 30.4. The van der Waals surface area contributed by atoms with E-state index in [0.29, 0.717) is 22.1 Å². The molecule has 0 atom stereocenters. The number of non-ortho nitro benzene ring substituents is 1. The third kappa shape index (κ3) is 3.85. The maximum Gasteiger partial charge on any atom is 0.269 e. The van der Waals surface area contributed by atoms with E-state index in [1.54, 1.807) is 36.4 Å². The molecule has 0 saturated heterocycles. The number of anilines is 2. The predicted octanol–water partition coefficient (Wildman–Crippen LogP) is 4.34. The lowest BCUT2D eigenvalue weighted by atomic mass is 10.2. The highest BCUT2D eigenvalue weighted by Gasteiger charge is 2.12. The zero-order chi connectivity index (χ0) is 18.5. The molecule has 0 saturated carbocycles. The molecule has 26 heavy (non-hydrogen) atoms. The lowest BCUT2D eigenvalue weighted by Gasteiger charge is -2.03. The fourth-order valence-electron chi connectivity index (χ4n) is 2.15. The fourth-order valence-corrected chi connectivity index (χ4v) is 2.34. The van der Waals surface area contributed by atoms with Crippen LogP contribution in [0.25, 0.3) is 0 Å². The Morgan fingerprint density at radius 2 is 2.08 bits per heavy atom. The first-order valence-corrected chi connectivity index (χ1v) is 7.74. The summed E-state index contributed by atoms with van der Waals surface area (Å²) < 4.78 is 0. The zero-order valence-corrected chi connectivity index (χ0v) is 13.9. The quantitative estimate of drug-likeness (QED) is 0.395. The van der Waals surface area contributed by atoms with Gasteiger partial charge in [0.1, 0.15) is 17.5 Å². The minimum atomic E-state index is -0.476. The SMILES string of the molecule is N#Cc1c(N=Cc2ccc([N+](=O)[O-])cc2)n[nH]c1Nc1cccc(Cl)c1. The van der Waals surface area contributed by atoms with Crippen LogP contribution in [0.4, 0.5) is 23.0 Å². The van der Waals surface area contributed by atoms with Gasteiger partial charge in [-0.3, -0.25) is 15.2 Å². The molecular weight excluding hydrogens is 356 g/mol. The van der Waals surface area contributed by atoms with E-state index in [9.17, 15) is 15.4 Å². The molecule has 0 fully saturated rings.